The molecule has 1 aromatic carbocycles. The van der Waals surface area contributed by atoms with Gasteiger partial charge in [0.15, 0.2) is 5.82 Å². The third-order valence-corrected chi connectivity index (χ3v) is 3.86. The number of nitrogens with two attached hydrogens (primary N) is 2. The summed E-state index contributed by atoms with van der Waals surface area (Å²) >= 11 is 0. The van der Waals surface area contributed by atoms with E-state index in [1.807, 2.05) is 12.1 Å². The van der Waals surface area contributed by atoms with Gasteiger partial charge in [-0.15, -0.1) is 0 Å². The number of nitrogen functional groups attached to an aromatic ring is 1. The number of nitrogens with one attached hydrogen (secondary N) is 2. The SMILES string of the molecule is NC(=O)c1c(Nc2ccc(CN3CCCC3)cc2)n[nH]c1N. The summed E-state index contributed by atoms with van der Waals surface area (Å²) in [6.07, 6.45) is 2.58. The molecule has 7 nitrogen and oxygen atoms in total. The molecule has 1 aliphatic rings. The molecular weight excluding hydrogens is 280 g/mol. The number of anilines is 3. The number of primary amides is 1. The van der Waals surface area contributed by atoms with Gasteiger partial charge in [-0.1, -0.05) is 12.1 Å². The molecule has 1 saturated heterocycles. The van der Waals surface area contributed by atoms with Gasteiger partial charge in [-0.2, -0.15) is 5.10 Å². The Morgan fingerprint density at radius 3 is 2.59 bits per heavy atom. The van der Waals surface area contributed by atoms with Gasteiger partial charge in [-0.3, -0.25) is 14.8 Å². The zero-order valence-electron chi connectivity index (χ0n) is 12.3. The van der Waals surface area contributed by atoms with Crippen molar-refractivity contribution < 1.29 is 4.79 Å². The highest BCUT2D eigenvalue weighted by atomic mass is 16.1. The summed E-state index contributed by atoms with van der Waals surface area (Å²) in [6.45, 7) is 3.32. The summed E-state index contributed by atoms with van der Waals surface area (Å²) in [5.74, 6) is -0.0997. The molecule has 0 radical (unpaired) electrons. The zero-order valence-corrected chi connectivity index (χ0v) is 12.3. The molecular formula is C15H20N6O. The predicted octanol–water partition coefficient (Wildman–Crippen LogP) is 1.43. The lowest BCUT2D eigenvalue weighted by molar-refractivity contribution is 0.100. The van der Waals surface area contributed by atoms with Crippen molar-refractivity contribution in [3.8, 4) is 0 Å². The molecule has 0 aliphatic carbocycles. The molecule has 3 rings (SSSR count). The number of amides is 1. The molecule has 0 saturated carbocycles. The van der Waals surface area contributed by atoms with Crippen molar-refractivity contribution in [2.24, 2.45) is 5.73 Å². The van der Waals surface area contributed by atoms with Crippen molar-refractivity contribution in [3.63, 3.8) is 0 Å². The minimum absolute atomic E-state index is 0.167. The minimum Gasteiger partial charge on any atom is -0.383 e. The Labute approximate surface area is 128 Å². The molecule has 1 fully saturated rings. The first-order chi connectivity index (χ1) is 10.6. The van der Waals surface area contributed by atoms with Crippen LogP contribution < -0.4 is 16.8 Å². The van der Waals surface area contributed by atoms with Gasteiger partial charge in [-0.05, 0) is 43.6 Å². The summed E-state index contributed by atoms with van der Waals surface area (Å²) < 4.78 is 0. The van der Waals surface area contributed by atoms with Crippen LogP contribution in [0.25, 0.3) is 0 Å². The third kappa shape index (κ3) is 3.04. The van der Waals surface area contributed by atoms with Gasteiger partial charge >= 0.3 is 0 Å². The standard InChI is InChI=1S/C15H20N6O/c16-13-12(14(17)22)15(20-19-13)18-11-5-3-10(4-6-11)9-21-7-1-2-8-21/h3-6H,1-2,7-9H2,(H2,17,22)(H4,16,18,19,20). The smallest absolute Gasteiger partial charge is 0.256 e. The van der Waals surface area contributed by atoms with Crippen LogP contribution in [-0.2, 0) is 6.54 Å². The average molecular weight is 300 g/mol. The average Bonchev–Trinajstić information content (AvgIpc) is 3.11. The van der Waals surface area contributed by atoms with E-state index in [9.17, 15) is 4.79 Å². The number of aromatic nitrogens is 2. The van der Waals surface area contributed by atoms with Crippen LogP contribution >= 0.6 is 0 Å². The molecule has 1 aliphatic heterocycles. The number of aromatic amines is 1. The number of nitrogens with zero attached hydrogens (tertiary/aromatic N) is 2. The Morgan fingerprint density at radius 1 is 1.27 bits per heavy atom. The summed E-state index contributed by atoms with van der Waals surface area (Å²) in [5.41, 5.74) is 13.2. The van der Waals surface area contributed by atoms with E-state index in [0.717, 1.165) is 12.2 Å². The fraction of sp³-hybridized carbons (Fsp3) is 0.333. The molecule has 0 unspecified atom stereocenters. The number of carbonyl (C=O) groups is 1. The van der Waals surface area contributed by atoms with Crippen molar-refractivity contribution in [2.75, 3.05) is 24.1 Å². The highest BCUT2D eigenvalue weighted by Gasteiger charge is 2.16. The normalized spacial score (nSPS) is 15.1. The molecule has 22 heavy (non-hydrogen) atoms. The first kappa shape index (κ1) is 14.4. The fourth-order valence-corrected chi connectivity index (χ4v) is 2.72. The summed E-state index contributed by atoms with van der Waals surface area (Å²) in [4.78, 5) is 13.8. The number of likely N-dealkylation sites (tertiary alicyclic amines) is 1. The van der Waals surface area contributed by atoms with E-state index in [0.29, 0.717) is 5.82 Å². The maximum absolute atomic E-state index is 11.4. The van der Waals surface area contributed by atoms with Gasteiger partial charge in [0.05, 0.1) is 0 Å². The number of H-pyrrole nitrogens is 1. The van der Waals surface area contributed by atoms with E-state index in [1.54, 1.807) is 0 Å². The Balaban J connectivity index is 1.69. The number of rotatable bonds is 5. The minimum atomic E-state index is -0.612. The molecule has 2 heterocycles. The largest absolute Gasteiger partial charge is 0.383 e. The van der Waals surface area contributed by atoms with Crippen molar-refractivity contribution in [1.29, 1.82) is 0 Å². The van der Waals surface area contributed by atoms with Crippen LogP contribution in [0.5, 0.6) is 0 Å². The van der Waals surface area contributed by atoms with Gasteiger partial charge in [0.2, 0.25) is 0 Å². The zero-order chi connectivity index (χ0) is 15.5. The second-order valence-electron chi connectivity index (χ2n) is 5.53. The van der Waals surface area contributed by atoms with E-state index < -0.39 is 5.91 Å². The lowest BCUT2D eigenvalue weighted by Gasteiger charge is -2.14. The van der Waals surface area contributed by atoms with Crippen LogP contribution in [0.2, 0.25) is 0 Å². The fourth-order valence-electron chi connectivity index (χ4n) is 2.72. The molecule has 0 atom stereocenters. The molecule has 1 aromatic heterocycles. The first-order valence-electron chi connectivity index (χ1n) is 7.35. The van der Waals surface area contributed by atoms with Crippen LogP contribution in [-0.4, -0.2) is 34.1 Å². The number of benzene rings is 1. The van der Waals surface area contributed by atoms with Gasteiger partial charge in [0.1, 0.15) is 11.4 Å². The Morgan fingerprint density at radius 2 is 1.95 bits per heavy atom. The Kier molecular flexibility index (Phi) is 3.97. The molecule has 1 amide bonds. The van der Waals surface area contributed by atoms with Gasteiger partial charge in [0.25, 0.3) is 5.91 Å². The number of hydrogen-bond donors (Lipinski definition) is 4. The second kappa shape index (κ2) is 6.07. The highest BCUT2D eigenvalue weighted by molar-refractivity contribution is 6.02. The second-order valence-corrected chi connectivity index (χ2v) is 5.53. The third-order valence-electron chi connectivity index (χ3n) is 3.86. The van der Waals surface area contributed by atoms with Crippen molar-refractivity contribution in [3.05, 3.63) is 35.4 Å². The maximum Gasteiger partial charge on any atom is 0.256 e. The van der Waals surface area contributed by atoms with Gasteiger partial charge in [-0.25, -0.2) is 0 Å². The predicted molar refractivity (Wildman–Crippen MR) is 85.8 cm³/mol. The monoisotopic (exact) mass is 300 g/mol. The van der Waals surface area contributed by atoms with E-state index in [4.69, 9.17) is 11.5 Å². The van der Waals surface area contributed by atoms with Crippen molar-refractivity contribution >= 4 is 23.2 Å². The van der Waals surface area contributed by atoms with Crippen molar-refractivity contribution in [1.82, 2.24) is 15.1 Å². The number of hydrogen-bond acceptors (Lipinski definition) is 5. The lowest BCUT2D eigenvalue weighted by Crippen LogP contribution is -2.18. The maximum atomic E-state index is 11.4. The lowest BCUT2D eigenvalue weighted by atomic mass is 10.2. The van der Waals surface area contributed by atoms with E-state index in [2.05, 4.69) is 32.5 Å². The quantitative estimate of drug-likeness (QED) is 0.667. The van der Waals surface area contributed by atoms with E-state index >= 15 is 0 Å². The van der Waals surface area contributed by atoms with Crippen LogP contribution in [0.15, 0.2) is 24.3 Å². The van der Waals surface area contributed by atoms with Crippen LogP contribution in [0.4, 0.5) is 17.3 Å². The topological polar surface area (TPSA) is 113 Å². The highest BCUT2D eigenvalue weighted by Crippen LogP contribution is 2.23. The molecule has 2 aromatic rings. The first-order valence-corrected chi connectivity index (χ1v) is 7.35. The molecule has 0 bridgehead atoms. The van der Waals surface area contributed by atoms with E-state index in [1.165, 1.54) is 31.5 Å². The van der Waals surface area contributed by atoms with Crippen LogP contribution in [0.1, 0.15) is 28.8 Å². The molecule has 6 N–H and O–H groups in total. The Bertz CT molecular complexity index is 657. The van der Waals surface area contributed by atoms with Crippen LogP contribution in [0.3, 0.4) is 0 Å². The summed E-state index contributed by atoms with van der Waals surface area (Å²) in [7, 11) is 0. The molecule has 116 valence electrons. The molecule has 0 spiro atoms. The number of carbonyl (C=O) groups excluding carboxylic acids is 1. The van der Waals surface area contributed by atoms with E-state index in [-0.39, 0.29) is 11.4 Å². The molecule has 7 heteroatoms. The van der Waals surface area contributed by atoms with Gasteiger partial charge < -0.3 is 16.8 Å². The van der Waals surface area contributed by atoms with Crippen molar-refractivity contribution in [2.45, 2.75) is 19.4 Å². The van der Waals surface area contributed by atoms with Gasteiger partial charge in [0, 0.05) is 12.2 Å². The van der Waals surface area contributed by atoms with Crippen LogP contribution in [0, 0.1) is 0 Å². The summed E-state index contributed by atoms with van der Waals surface area (Å²) in [6, 6.07) is 8.06. The Hall–Kier alpha value is -2.54. The summed E-state index contributed by atoms with van der Waals surface area (Å²) in [5, 5.41) is 9.58.